The fraction of sp³-hybridized carbons (Fsp3) is 0.167. The molecule has 0 bridgehead atoms. The molecule has 1 aromatic carbocycles. The van der Waals surface area contributed by atoms with E-state index in [0.717, 1.165) is 4.47 Å². The van der Waals surface area contributed by atoms with Gasteiger partial charge in [-0.15, -0.1) is 0 Å². The third-order valence-electron chi connectivity index (χ3n) is 2.63. The maximum Gasteiger partial charge on any atom is 0.358 e. The Balaban J connectivity index is 2.11. The van der Waals surface area contributed by atoms with Crippen LogP contribution in [0.5, 0.6) is 11.5 Å². The Labute approximate surface area is 116 Å². The molecule has 1 aliphatic rings. The molecule has 0 saturated carbocycles. The number of halogens is 1. The zero-order chi connectivity index (χ0) is 13.4. The smallest absolute Gasteiger partial charge is 0.358 e. The molecule has 0 aliphatic carbocycles. The number of hydrogen-bond acceptors (Lipinski definition) is 5. The van der Waals surface area contributed by atoms with E-state index >= 15 is 0 Å². The molecule has 0 radical (unpaired) electrons. The van der Waals surface area contributed by atoms with Crippen molar-refractivity contribution < 1.29 is 23.9 Å². The van der Waals surface area contributed by atoms with Crippen LogP contribution in [0, 0.1) is 0 Å². The van der Waals surface area contributed by atoms with Crippen LogP contribution in [-0.2, 0) is 0 Å². The number of aromatic nitrogens is 1. The summed E-state index contributed by atoms with van der Waals surface area (Å²) in [5.74, 6) is 0.288. The Kier molecular flexibility index (Phi) is 2.90. The quantitative estimate of drug-likeness (QED) is 0.913. The lowest BCUT2D eigenvalue weighted by atomic mass is 10.1. The largest absolute Gasteiger partial charge is 0.485 e. The van der Waals surface area contributed by atoms with Gasteiger partial charge < -0.3 is 19.1 Å². The van der Waals surface area contributed by atoms with Gasteiger partial charge in [-0.05, 0) is 28.1 Å². The van der Waals surface area contributed by atoms with E-state index in [4.69, 9.17) is 19.1 Å². The van der Waals surface area contributed by atoms with Gasteiger partial charge in [-0.2, -0.15) is 0 Å². The van der Waals surface area contributed by atoms with Crippen molar-refractivity contribution >= 4 is 21.9 Å². The average Bonchev–Trinajstić information content (AvgIpc) is 2.89. The number of rotatable bonds is 2. The van der Waals surface area contributed by atoms with Gasteiger partial charge in [0.1, 0.15) is 13.2 Å². The highest BCUT2D eigenvalue weighted by Crippen LogP contribution is 2.44. The summed E-state index contributed by atoms with van der Waals surface area (Å²) in [6, 6.07) is 4.89. The molecule has 2 aromatic rings. The highest BCUT2D eigenvalue weighted by molar-refractivity contribution is 9.10. The summed E-state index contributed by atoms with van der Waals surface area (Å²) in [6.45, 7) is 0.891. The van der Waals surface area contributed by atoms with E-state index < -0.39 is 5.97 Å². The Morgan fingerprint density at radius 2 is 2.00 bits per heavy atom. The topological polar surface area (TPSA) is 81.8 Å². The maximum absolute atomic E-state index is 10.8. The van der Waals surface area contributed by atoms with Gasteiger partial charge in [-0.25, -0.2) is 4.79 Å². The Bertz CT molecular complexity index is 652. The minimum Gasteiger partial charge on any atom is -0.485 e. The van der Waals surface area contributed by atoms with Crippen molar-refractivity contribution in [2.75, 3.05) is 13.2 Å². The number of hydrogen-bond donors (Lipinski definition) is 1. The van der Waals surface area contributed by atoms with E-state index in [1.807, 2.05) is 0 Å². The molecule has 0 saturated heterocycles. The molecule has 1 aromatic heterocycles. The summed E-state index contributed by atoms with van der Waals surface area (Å²) in [7, 11) is 0. The number of nitrogens with zero attached hydrogens (tertiary/aromatic N) is 1. The Morgan fingerprint density at radius 3 is 2.68 bits per heavy atom. The van der Waals surface area contributed by atoms with Crippen LogP contribution in [-0.4, -0.2) is 29.4 Å². The Hall–Kier alpha value is -2.02. The molecule has 0 fully saturated rings. The number of carboxylic acids is 1. The van der Waals surface area contributed by atoms with Gasteiger partial charge in [0.2, 0.25) is 0 Å². The second kappa shape index (κ2) is 4.58. The van der Waals surface area contributed by atoms with Crippen molar-refractivity contribution in [2.45, 2.75) is 0 Å². The first kappa shape index (κ1) is 12.0. The van der Waals surface area contributed by atoms with Crippen molar-refractivity contribution in [1.82, 2.24) is 5.16 Å². The maximum atomic E-state index is 10.8. The summed E-state index contributed by atoms with van der Waals surface area (Å²) in [6.07, 6.45) is 0. The molecule has 2 heterocycles. The van der Waals surface area contributed by atoms with E-state index in [1.54, 1.807) is 12.1 Å². The fourth-order valence-electron chi connectivity index (χ4n) is 1.80. The summed E-state index contributed by atoms with van der Waals surface area (Å²) in [5, 5.41) is 12.3. The zero-order valence-corrected chi connectivity index (χ0v) is 11.1. The first-order valence-electron chi connectivity index (χ1n) is 5.45. The van der Waals surface area contributed by atoms with E-state index in [-0.39, 0.29) is 5.69 Å². The van der Waals surface area contributed by atoms with E-state index in [1.165, 1.54) is 6.07 Å². The molecule has 0 unspecified atom stereocenters. The lowest BCUT2D eigenvalue weighted by molar-refractivity contribution is 0.0686. The van der Waals surface area contributed by atoms with Crippen LogP contribution < -0.4 is 9.47 Å². The van der Waals surface area contributed by atoms with Gasteiger partial charge >= 0.3 is 5.97 Å². The Morgan fingerprint density at radius 1 is 1.26 bits per heavy atom. The number of carboxylic acid groups (broad SMARTS) is 1. The first-order valence-corrected chi connectivity index (χ1v) is 6.24. The zero-order valence-electron chi connectivity index (χ0n) is 9.55. The van der Waals surface area contributed by atoms with E-state index in [0.29, 0.717) is 36.0 Å². The van der Waals surface area contributed by atoms with Crippen LogP contribution in [0.15, 0.2) is 27.2 Å². The predicted octanol–water partition coefficient (Wildman–Crippen LogP) is 2.57. The number of fused-ring (bicyclic) bond motifs is 1. The van der Waals surface area contributed by atoms with Crippen LogP contribution in [0.1, 0.15) is 10.5 Å². The number of carbonyl (C=O) groups is 1. The van der Waals surface area contributed by atoms with Gasteiger partial charge in [-0.3, -0.25) is 0 Å². The minimum atomic E-state index is -1.14. The summed E-state index contributed by atoms with van der Waals surface area (Å²) in [4.78, 5) is 10.8. The minimum absolute atomic E-state index is 0.150. The molecule has 0 atom stereocenters. The highest BCUT2D eigenvalue weighted by atomic mass is 79.9. The molecule has 7 heteroatoms. The molecule has 6 nitrogen and oxygen atoms in total. The van der Waals surface area contributed by atoms with Crippen LogP contribution in [0.2, 0.25) is 0 Å². The van der Waals surface area contributed by atoms with Crippen molar-refractivity contribution in [3.05, 3.63) is 28.4 Å². The SMILES string of the molecule is O=C(O)c1cc(-c2ccc(Br)c3c2OCCO3)on1. The molecular weight excluding hydrogens is 318 g/mol. The molecular formula is C12H8BrNO5. The van der Waals surface area contributed by atoms with Gasteiger partial charge in [0, 0.05) is 6.07 Å². The molecule has 1 N–H and O–H groups in total. The van der Waals surface area contributed by atoms with E-state index in [9.17, 15) is 4.79 Å². The lowest BCUT2D eigenvalue weighted by Crippen LogP contribution is -2.16. The van der Waals surface area contributed by atoms with Gasteiger partial charge in [-0.1, -0.05) is 5.16 Å². The standard InChI is InChI=1S/C12H8BrNO5/c13-7-2-1-6(10-11(7)18-4-3-17-10)9-5-8(12(15)16)14-19-9/h1-2,5H,3-4H2,(H,15,16). The van der Waals surface area contributed by atoms with Gasteiger partial charge in [0.25, 0.3) is 0 Å². The molecule has 0 amide bonds. The van der Waals surface area contributed by atoms with Crippen molar-refractivity contribution in [3.63, 3.8) is 0 Å². The van der Waals surface area contributed by atoms with Crippen LogP contribution in [0.3, 0.4) is 0 Å². The average molecular weight is 326 g/mol. The second-order valence-corrected chi connectivity index (χ2v) is 4.69. The monoisotopic (exact) mass is 325 g/mol. The second-order valence-electron chi connectivity index (χ2n) is 3.83. The van der Waals surface area contributed by atoms with Crippen molar-refractivity contribution in [1.29, 1.82) is 0 Å². The van der Waals surface area contributed by atoms with Crippen molar-refractivity contribution in [3.8, 4) is 22.8 Å². The number of ether oxygens (including phenoxy) is 2. The highest BCUT2D eigenvalue weighted by Gasteiger charge is 2.23. The third kappa shape index (κ3) is 2.06. The molecule has 19 heavy (non-hydrogen) atoms. The molecule has 98 valence electrons. The van der Waals surface area contributed by atoms with Gasteiger partial charge in [0.15, 0.2) is 23.0 Å². The molecule has 0 spiro atoms. The van der Waals surface area contributed by atoms with Crippen molar-refractivity contribution in [2.24, 2.45) is 0 Å². The fourth-order valence-corrected chi connectivity index (χ4v) is 2.23. The summed E-state index contributed by atoms with van der Waals surface area (Å²) < 4.78 is 16.9. The van der Waals surface area contributed by atoms with Crippen LogP contribution in [0.25, 0.3) is 11.3 Å². The van der Waals surface area contributed by atoms with Gasteiger partial charge in [0.05, 0.1) is 10.0 Å². The summed E-state index contributed by atoms with van der Waals surface area (Å²) >= 11 is 3.37. The summed E-state index contributed by atoms with van der Waals surface area (Å²) in [5.41, 5.74) is 0.460. The predicted molar refractivity (Wildman–Crippen MR) is 67.6 cm³/mol. The lowest BCUT2D eigenvalue weighted by Gasteiger charge is -2.21. The first-order chi connectivity index (χ1) is 9.16. The van der Waals surface area contributed by atoms with Crippen LogP contribution in [0.4, 0.5) is 0 Å². The third-order valence-corrected chi connectivity index (χ3v) is 3.26. The van der Waals surface area contributed by atoms with E-state index in [2.05, 4.69) is 21.1 Å². The van der Waals surface area contributed by atoms with Crippen LogP contribution >= 0.6 is 15.9 Å². The number of benzene rings is 1. The number of aromatic carboxylic acids is 1. The normalized spacial score (nSPS) is 13.3. The molecule has 1 aliphatic heterocycles. The molecule has 3 rings (SSSR count).